The second-order valence-electron chi connectivity index (χ2n) is 6.57. The summed E-state index contributed by atoms with van der Waals surface area (Å²) in [7, 11) is -0.547. The molecule has 128 valence electrons. The fraction of sp³-hybridized carbons (Fsp3) is 0.333. The van der Waals surface area contributed by atoms with E-state index in [1.54, 1.807) is 0 Å². The molecule has 0 unspecified atom stereocenters. The summed E-state index contributed by atoms with van der Waals surface area (Å²) in [6.07, 6.45) is 10.4. The van der Waals surface area contributed by atoms with Gasteiger partial charge < -0.3 is 9.30 Å². The van der Waals surface area contributed by atoms with Crippen LogP contribution in [0.15, 0.2) is 42.9 Å². The van der Waals surface area contributed by atoms with E-state index in [-0.39, 0.29) is 0 Å². The lowest BCUT2D eigenvalue weighted by molar-refractivity contribution is 0.0924. The third-order valence-electron chi connectivity index (χ3n) is 3.76. The van der Waals surface area contributed by atoms with Crippen LogP contribution >= 0.6 is 21.6 Å². The van der Waals surface area contributed by atoms with Crippen molar-refractivity contribution in [3.8, 4) is 11.1 Å². The maximum atomic E-state index is 6.34. The van der Waals surface area contributed by atoms with Gasteiger partial charge in [-0.25, -0.2) is 20.0 Å². The molecule has 2 aromatic heterocycles. The molecular weight excluding hydrogens is 342 g/mol. The summed E-state index contributed by atoms with van der Waals surface area (Å²) < 4.78 is 7.88. The molecule has 0 atom stereocenters. The summed E-state index contributed by atoms with van der Waals surface area (Å²) in [5, 5.41) is 1.34. The third-order valence-corrected chi connectivity index (χ3v) is 5.44. The van der Waals surface area contributed by atoms with Crippen LogP contribution in [0.2, 0.25) is 5.15 Å². The molecule has 0 spiro atoms. The van der Waals surface area contributed by atoms with Crippen LogP contribution < -0.4 is 0 Å². The summed E-state index contributed by atoms with van der Waals surface area (Å²) >= 11 is 6.34. The number of hydrogen-bond acceptors (Lipinski definition) is 3. The fourth-order valence-corrected chi connectivity index (χ4v) is 3.34. The first-order valence-electron chi connectivity index (χ1n) is 7.74. The number of halogens is 1. The topological polar surface area (TPSA) is 39.9 Å². The van der Waals surface area contributed by atoms with E-state index < -0.39 is 10.0 Å². The number of hydrogen-bond donors (Lipinski definition) is 0. The van der Waals surface area contributed by atoms with Gasteiger partial charge >= 0.3 is 0 Å². The molecule has 0 aliphatic heterocycles. The average molecular weight is 364 g/mol. The first kappa shape index (κ1) is 17.3. The molecule has 3 rings (SSSR count). The minimum Gasteiger partial charge on any atom is -0.360 e. The molecule has 0 amide bonds. The van der Waals surface area contributed by atoms with Crippen LogP contribution in [0, 0.1) is 0 Å². The first-order chi connectivity index (χ1) is 11.5. The second kappa shape index (κ2) is 7.13. The van der Waals surface area contributed by atoms with Crippen LogP contribution in [0.5, 0.6) is 0 Å². The molecule has 0 N–H and O–H groups in total. The van der Waals surface area contributed by atoms with Gasteiger partial charge in [0.05, 0.1) is 12.0 Å². The van der Waals surface area contributed by atoms with Gasteiger partial charge in [-0.1, -0.05) is 41.9 Å². The first-order valence-corrected chi connectivity index (χ1v) is 11.1. The second-order valence-corrected chi connectivity index (χ2v) is 11.5. The molecule has 6 heteroatoms. The van der Waals surface area contributed by atoms with Gasteiger partial charge in [-0.05, 0) is 24.3 Å². The largest absolute Gasteiger partial charge is 0.360 e. The molecule has 2 heterocycles. The van der Waals surface area contributed by atoms with Crippen LogP contribution in [-0.2, 0) is 11.5 Å². The summed E-state index contributed by atoms with van der Waals surface area (Å²) in [5.41, 5.74) is 2.93. The molecule has 4 nitrogen and oxygen atoms in total. The van der Waals surface area contributed by atoms with E-state index in [4.69, 9.17) is 16.3 Å². The zero-order chi connectivity index (χ0) is 17.2. The van der Waals surface area contributed by atoms with Crippen LogP contribution in [0.25, 0.3) is 22.2 Å². The number of aromatic nitrogens is 3. The van der Waals surface area contributed by atoms with Gasteiger partial charge in [-0.3, -0.25) is 0 Å². The van der Waals surface area contributed by atoms with Gasteiger partial charge in [0, 0.05) is 17.5 Å². The standard InChI is InChI=1S/C18H22ClN3OS/c1-24(2,3)10-9-23-13-22-11-15(14-7-5-4-6-8-14)16-17(19)20-12-21-18(16)22/h4-8,11-12H,9-10,13H2,1-3H3. The van der Waals surface area contributed by atoms with Crippen molar-refractivity contribution in [2.24, 2.45) is 0 Å². The molecule has 0 aliphatic rings. The Morgan fingerprint density at radius 1 is 1.12 bits per heavy atom. The normalized spacial score (nSPS) is 12.7. The summed E-state index contributed by atoms with van der Waals surface area (Å²) in [6, 6.07) is 10.1. The molecule has 3 aromatic rings. The molecule has 24 heavy (non-hydrogen) atoms. The van der Waals surface area contributed by atoms with Gasteiger partial charge in [-0.2, -0.15) is 0 Å². The minimum atomic E-state index is -0.547. The van der Waals surface area contributed by atoms with E-state index in [1.165, 1.54) is 6.33 Å². The fourth-order valence-electron chi connectivity index (χ4n) is 2.49. The van der Waals surface area contributed by atoms with Crippen LogP contribution in [0.4, 0.5) is 0 Å². The van der Waals surface area contributed by atoms with Crippen LogP contribution in [-0.4, -0.2) is 45.7 Å². The highest BCUT2D eigenvalue weighted by Gasteiger charge is 2.15. The highest BCUT2D eigenvalue weighted by atomic mass is 35.5. The number of rotatable bonds is 6. The number of fused-ring (bicyclic) bond motifs is 1. The molecule has 0 radical (unpaired) electrons. The predicted molar refractivity (Wildman–Crippen MR) is 104 cm³/mol. The lowest BCUT2D eigenvalue weighted by Crippen LogP contribution is -2.09. The maximum Gasteiger partial charge on any atom is 0.147 e. The molecule has 0 saturated heterocycles. The highest BCUT2D eigenvalue weighted by molar-refractivity contribution is 8.32. The van der Waals surface area contributed by atoms with Crippen molar-refractivity contribution >= 4 is 32.7 Å². The molecule has 0 saturated carbocycles. The van der Waals surface area contributed by atoms with Crippen LogP contribution in [0.1, 0.15) is 0 Å². The van der Waals surface area contributed by atoms with Gasteiger partial charge in [0.1, 0.15) is 23.9 Å². The van der Waals surface area contributed by atoms with E-state index in [1.807, 2.05) is 29.0 Å². The highest BCUT2D eigenvalue weighted by Crippen LogP contribution is 2.34. The predicted octanol–water partition coefficient (Wildman–Crippen LogP) is 4.42. The monoisotopic (exact) mass is 363 g/mol. The Labute approximate surface area is 149 Å². The van der Waals surface area contributed by atoms with Crippen molar-refractivity contribution in [1.29, 1.82) is 0 Å². The lowest BCUT2D eigenvalue weighted by Gasteiger charge is -2.24. The van der Waals surface area contributed by atoms with E-state index in [2.05, 4.69) is 40.9 Å². The van der Waals surface area contributed by atoms with Crippen molar-refractivity contribution < 1.29 is 4.74 Å². The SMILES string of the molecule is CS(C)(C)CCOCn1cc(-c2ccccc2)c2c(Cl)ncnc21. The lowest BCUT2D eigenvalue weighted by atomic mass is 10.1. The van der Waals surface area contributed by atoms with Gasteiger partial charge in [-0.15, -0.1) is 0 Å². The Balaban J connectivity index is 1.91. The Kier molecular flexibility index (Phi) is 5.13. The van der Waals surface area contributed by atoms with Crippen molar-refractivity contribution in [3.05, 3.63) is 48.0 Å². The molecule has 0 fully saturated rings. The zero-order valence-electron chi connectivity index (χ0n) is 14.2. The van der Waals surface area contributed by atoms with Crippen molar-refractivity contribution in [3.63, 3.8) is 0 Å². The Morgan fingerprint density at radius 3 is 2.58 bits per heavy atom. The zero-order valence-corrected chi connectivity index (χ0v) is 15.8. The summed E-state index contributed by atoms with van der Waals surface area (Å²) in [6.45, 7) is 1.21. The van der Waals surface area contributed by atoms with E-state index in [9.17, 15) is 0 Å². The molecule has 0 aliphatic carbocycles. The van der Waals surface area contributed by atoms with Gasteiger partial charge in [0.15, 0.2) is 0 Å². The Hall–Kier alpha value is -1.56. The maximum absolute atomic E-state index is 6.34. The van der Waals surface area contributed by atoms with Gasteiger partial charge in [0.25, 0.3) is 0 Å². The third kappa shape index (κ3) is 3.91. The number of nitrogens with zero attached hydrogens (tertiary/aromatic N) is 3. The van der Waals surface area contributed by atoms with E-state index in [0.717, 1.165) is 34.5 Å². The van der Waals surface area contributed by atoms with E-state index >= 15 is 0 Å². The smallest absolute Gasteiger partial charge is 0.147 e. The van der Waals surface area contributed by atoms with Crippen molar-refractivity contribution in [2.75, 3.05) is 31.1 Å². The van der Waals surface area contributed by atoms with E-state index in [0.29, 0.717) is 11.9 Å². The van der Waals surface area contributed by atoms with Crippen LogP contribution in [0.3, 0.4) is 0 Å². The number of benzene rings is 1. The summed E-state index contributed by atoms with van der Waals surface area (Å²) in [4.78, 5) is 8.55. The van der Waals surface area contributed by atoms with Crippen molar-refractivity contribution in [2.45, 2.75) is 6.73 Å². The Morgan fingerprint density at radius 2 is 1.88 bits per heavy atom. The average Bonchev–Trinajstić information content (AvgIpc) is 2.92. The molecular formula is C18H22ClN3OS. The van der Waals surface area contributed by atoms with Crippen molar-refractivity contribution in [1.82, 2.24) is 14.5 Å². The Bertz CT molecular complexity index is 827. The van der Waals surface area contributed by atoms with Gasteiger partial charge in [0.2, 0.25) is 0 Å². The molecule has 1 aromatic carbocycles. The summed E-state index contributed by atoms with van der Waals surface area (Å²) in [5.74, 6) is 1.09. The minimum absolute atomic E-state index is 0.464. The number of ether oxygens (including phenoxy) is 1. The molecule has 0 bridgehead atoms. The quantitative estimate of drug-likeness (QED) is 0.480.